The monoisotopic (exact) mass is 245 g/mol. The first kappa shape index (κ1) is 15.6. The minimum atomic E-state index is -1.81. The van der Waals surface area contributed by atoms with Crippen LogP contribution in [0.15, 0.2) is 0 Å². The highest BCUT2D eigenvalue weighted by atomic mass is 28.3. The Morgan fingerprint density at radius 3 is 2.12 bits per heavy atom. The molecular weight excluding hydrogens is 218 g/mol. The van der Waals surface area contributed by atoms with Crippen molar-refractivity contribution in [3.63, 3.8) is 0 Å². The average molecular weight is 245 g/mol. The van der Waals surface area contributed by atoms with E-state index in [0.717, 1.165) is 19.3 Å². The van der Waals surface area contributed by atoms with E-state index >= 15 is 0 Å². The molecule has 1 atom stereocenters. The number of rotatable bonds is 7. The van der Waals surface area contributed by atoms with Gasteiger partial charge in [0.15, 0.2) is 0 Å². The molecule has 0 bridgehead atoms. The van der Waals surface area contributed by atoms with E-state index in [4.69, 9.17) is 0 Å². The zero-order valence-corrected chi connectivity index (χ0v) is 12.6. The third-order valence-electron chi connectivity index (χ3n) is 3.09. The highest BCUT2D eigenvalue weighted by molar-refractivity contribution is 6.82. The Morgan fingerprint density at radius 1 is 1.38 bits per heavy atom. The van der Waals surface area contributed by atoms with Crippen molar-refractivity contribution in [3.05, 3.63) is 0 Å². The van der Waals surface area contributed by atoms with Gasteiger partial charge in [0.1, 0.15) is 5.16 Å². The molecule has 0 rings (SSSR count). The maximum Gasteiger partial charge on any atom is 0.320 e. The van der Waals surface area contributed by atoms with Crippen molar-refractivity contribution >= 4 is 14.0 Å². The first-order valence-electron chi connectivity index (χ1n) is 6.18. The van der Waals surface area contributed by atoms with Crippen LogP contribution in [-0.4, -0.2) is 30.4 Å². The summed E-state index contributed by atoms with van der Waals surface area (Å²) in [7, 11) is -1.81. The maximum atomic E-state index is 11.7. The molecule has 0 aromatic heterocycles. The molecule has 2 N–H and O–H groups in total. The van der Waals surface area contributed by atoms with E-state index < -0.39 is 19.2 Å². The van der Waals surface area contributed by atoms with Crippen molar-refractivity contribution in [2.45, 2.75) is 70.9 Å². The molecule has 0 saturated carbocycles. The molecule has 0 radical (unpaired) electrons. The Kier molecular flexibility index (Phi) is 5.69. The lowest BCUT2D eigenvalue weighted by molar-refractivity contribution is -0.142. The molecule has 16 heavy (non-hydrogen) atoms. The van der Waals surface area contributed by atoms with Crippen LogP contribution in [0.2, 0.25) is 19.6 Å². The Labute approximate surface area is 101 Å². The fraction of sp³-hybridized carbons (Fsp3) is 0.917. The summed E-state index contributed by atoms with van der Waals surface area (Å²) in [5.74, 6) is -0.672. The first-order valence-corrected chi connectivity index (χ1v) is 9.68. The van der Waals surface area contributed by atoms with Crippen LogP contribution < -0.4 is 5.32 Å². The molecule has 0 aliphatic rings. The smallest absolute Gasteiger partial charge is 0.320 e. The van der Waals surface area contributed by atoms with Gasteiger partial charge < -0.3 is 10.4 Å². The number of carboxylic acid groups (broad SMARTS) is 1. The lowest BCUT2D eigenvalue weighted by Crippen LogP contribution is -2.68. The van der Waals surface area contributed by atoms with E-state index in [1.807, 2.05) is 13.8 Å². The normalized spacial score (nSPS) is 16.2. The Morgan fingerprint density at radius 2 is 1.88 bits per heavy atom. The van der Waals surface area contributed by atoms with Crippen molar-refractivity contribution in [2.24, 2.45) is 0 Å². The van der Waals surface area contributed by atoms with Crippen molar-refractivity contribution in [3.8, 4) is 0 Å². The zero-order chi connectivity index (χ0) is 13.0. The molecule has 0 saturated heterocycles. The summed E-state index contributed by atoms with van der Waals surface area (Å²) in [4.78, 5) is 11.7. The second-order valence-corrected chi connectivity index (χ2v) is 11.2. The molecule has 4 heteroatoms. The summed E-state index contributed by atoms with van der Waals surface area (Å²) in [5, 5.41) is 12.3. The number of aliphatic carboxylic acids is 1. The minimum absolute atomic E-state index is 0.208. The topological polar surface area (TPSA) is 49.3 Å². The SMILES string of the molecule is CCCCC(NC(C)C)(C(=O)O)[Si](C)(C)C. The van der Waals surface area contributed by atoms with Crippen LogP contribution in [0.3, 0.4) is 0 Å². The lowest BCUT2D eigenvalue weighted by atomic mass is 10.1. The summed E-state index contributed by atoms with van der Waals surface area (Å²) in [6.07, 6.45) is 2.75. The van der Waals surface area contributed by atoms with Gasteiger partial charge in [-0.05, 0) is 6.42 Å². The summed E-state index contributed by atoms with van der Waals surface area (Å²) >= 11 is 0. The van der Waals surface area contributed by atoms with E-state index in [1.165, 1.54) is 0 Å². The summed E-state index contributed by atoms with van der Waals surface area (Å²) in [6, 6.07) is 0.208. The van der Waals surface area contributed by atoms with Crippen molar-refractivity contribution in [1.82, 2.24) is 5.32 Å². The quantitative estimate of drug-likeness (QED) is 0.678. The number of hydrogen-bond acceptors (Lipinski definition) is 2. The van der Waals surface area contributed by atoms with Crippen LogP contribution >= 0.6 is 0 Å². The summed E-state index contributed by atoms with van der Waals surface area (Å²) in [5.41, 5.74) is 0. The third-order valence-corrected chi connectivity index (χ3v) is 6.25. The van der Waals surface area contributed by atoms with Crippen LogP contribution in [0.1, 0.15) is 40.0 Å². The Balaban J connectivity index is 5.14. The fourth-order valence-electron chi connectivity index (χ4n) is 2.09. The van der Waals surface area contributed by atoms with Gasteiger partial charge in [0.2, 0.25) is 0 Å². The van der Waals surface area contributed by atoms with E-state index in [-0.39, 0.29) is 6.04 Å². The van der Waals surface area contributed by atoms with Crippen molar-refractivity contribution in [1.29, 1.82) is 0 Å². The molecule has 96 valence electrons. The van der Waals surface area contributed by atoms with Crippen molar-refractivity contribution < 1.29 is 9.90 Å². The molecule has 0 aliphatic heterocycles. The van der Waals surface area contributed by atoms with Gasteiger partial charge in [-0.15, -0.1) is 0 Å². The van der Waals surface area contributed by atoms with Gasteiger partial charge in [0.05, 0.1) is 8.07 Å². The average Bonchev–Trinajstić information content (AvgIpc) is 2.09. The van der Waals surface area contributed by atoms with Crippen LogP contribution in [0.5, 0.6) is 0 Å². The van der Waals surface area contributed by atoms with E-state index in [0.29, 0.717) is 0 Å². The molecule has 3 nitrogen and oxygen atoms in total. The zero-order valence-electron chi connectivity index (χ0n) is 11.6. The third kappa shape index (κ3) is 3.59. The summed E-state index contributed by atoms with van der Waals surface area (Å²) < 4.78 is 0. The highest BCUT2D eigenvalue weighted by Gasteiger charge is 2.49. The maximum absolute atomic E-state index is 11.7. The van der Waals surface area contributed by atoms with E-state index in [2.05, 4.69) is 31.9 Å². The molecule has 1 unspecified atom stereocenters. The van der Waals surface area contributed by atoms with E-state index in [9.17, 15) is 9.90 Å². The van der Waals surface area contributed by atoms with E-state index in [1.54, 1.807) is 0 Å². The highest BCUT2D eigenvalue weighted by Crippen LogP contribution is 2.27. The molecule has 0 spiro atoms. The predicted octanol–water partition coefficient (Wildman–Crippen LogP) is 2.88. The Bertz CT molecular complexity index is 236. The number of unbranched alkanes of at least 4 members (excludes halogenated alkanes) is 1. The van der Waals surface area contributed by atoms with Crippen molar-refractivity contribution in [2.75, 3.05) is 0 Å². The Hall–Kier alpha value is -0.353. The van der Waals surface area contributed by atoms with Gasteiger partial charge in [-0.1, -0.05) is 53.3 Å². The molecule has 0 aromatic rings. The fourth-order valence-corrected chi connectivity index (χ4v) is 4.38. The minimum Gasteiger partial charge on any atom is -0.480 e. The number of carboxylic acids is 1. The second kappa shape index (κ2) is 5.82. The van der Waals surface area contributed by atoms with Crippen LogP contribution in [0.4, 0.5) is 0 Å². The predicted molar refractivity (Wildman–Crippen MR) is 71.5 cm³/mol. The lowest BCUT2D eigenvalue weighted by Gasteiger charge is -2.42. The molecule has 0 amide bonds. The number of carbonyl (C=O) groups is 1. The van der Waals surface area contributed by atoms with Gasteiger partial charge in [-0.2, -0.15) is 0 Å². The van der Waals surface area contributed by atoms with Gasteiger partial charge in [-0.3, -0.25) is 4.79 Å². The van der Waals surface area contributed by atoms with Gasteiger partial charge in [0, 0.05) is 6.04 Å². The largest absolute Gasteiger partial charge is 0.480 e. The van der Waals surface area contributed by atoms with Crippen LogP contribution in [0, 0.1) is 0 Å². The number of hydrogen-bond donors (Lipinski definition) is 2. The van der Waals surface area contributed by atoms with Crippen LogP contribution in [0.25, 0.3) is 0 Å². The molecule has 0 aliphatic carbocycles. The van der Waals surface area contributed by atoms with Crippen LogP contribution in [-0.2, 0) is 4.79 Å². The molecule has 0 heterocycles. The second-order valence-electron chi connectivity index (χ2n) is 5.86. The van der Waals surface area contributed by atoms with Gasteiger partial charge in [-0.25, -0.2) is 0 Å². The first-order chi connectivity index (χ1) is 7.17. The molecular formula is C12H27NO2Si. The standard InChI is InChI=1S/C12H27NO2Si/c1-7-8-9-12(11(14)15,13-10(2)3)16(4,5)6/h10,13H,7-9H2,1-6H3,(H,14,15). The molecule has 0 fully saturated rings. The van der Waals surface area contributed by atoms with Gasteiger partial charge >= 0.3 is 5.97 Å². The number of nitrogens with one attached hydrogen (secondary N) is 1. The van der Waals surface area contributed by atoms with Gasteiger partial charge in [0.25, 0.3) is 0 Å². The summed E-state index contributed by atoms with van der Waals surface area (Å²) in [6.45, 7) is 12.5. The molecule has 0 aromatic carbocycles.